The minimum atomic E-state index is -0.455. The zero-order chi connectivity index (χ0) is 24.1. The number of nitrogens with one attached hydrogen (secondary N) is 1. The van der Waals surface area contributed by atoms with Crippen molar-refractivity contribution in [1.29, 1.82) is 0 Å². The maximum atomic E-state index is 13.0. The molecule has 0 spiro atoms. The van der Waals surface area contributed by atoms with Crippen molar-refractivity contribution in [2.45, 2.75) is 27.0 Å². The van der Waals surface area contributed by atoms with Gasteiger partial charge in [0.25, 0.3) is 17.7 Å². The molecule has 0 aromatic heterocycles. The van der Waals surface area contributed by atoms with Gasteiger partial charge in [0.15, 0.2) is 0 Å². The van der Waals surface area contributed by atoms with Crippen LogP contribution in [0, 0.1) is 0 Å². The molecular formula is C27H26N2O5. The van der Waals surface area contributed by atoms with Crippen LogP contribution in [0.15, 0.2) is 66.7 Å². The summed E-state index contributed by atoms with van der Waals surface area (Å²) in [4.78, 5) is 39.7. The van der Waals surface area contributed by atoms with Gasteiger partial charge >= 0.3 is 0 Å². The van der Waals surface area contributed by atoms with Crippen LogP contribution in [-0.4, -0.2) is 30.9 Å². The molecule has 0 radical (unpaired) electrons. The average Bonchev–Trinajstić information content (AvgIpc) is 3.12. The summed E-state index contributed by atoms with van der Waals surface area (Å²) in [6, 6.07) is 19.1. The molecule has 1 aliphatic heterocycles. The van der Waals surface area contributed by atoms with Gasteiger partial charge in [0, 0.05) is 18.7 Å². The van der Waals surface area contributed by atoms with Gasteiger partial charge in [0.2, 0.25) is 0 Å². The first-order valence-electron chi connectivity index (χ1n) is 11.2. The molecule has 34 heavy (non-hydrogen) atoms. The SMILES string of the molecule is CCOCc1ccc(CNC(=O)c2ccc3c(c2)C(=O)N(c2ccc(OCC)cc2)C3=O)cc1. The van der Waals surface area contributed by atoms with Crippen LogP contribution in [-0.2, 0) is 17.9 Å². The summed E-state index contributed by atoms with van der Waals surface area (Å²) in [5.41, 5.74) is 3.28. The van der Waals surface area contributed by atoms with E-state index in [0.29, 0.717) is 43.4 Å². The van der Waals surface area contributed by atoms with Crippen molar-refractivity contribution >= 4 is 23.4 Å². The van der Waals surface area contributed by atoms with E-state index in [4.69, 9.17) is 9.47 Å². The van der Waals surface area contributed by atoms with Crippen LogP contribution in [0.2, 0.25) is 0 Å². The highest BCUT2D eigenvalue weighted by Crippen LogP contribution is 2.30. The quantitative estimate of drug-likeness (QED) is 0.482. The molecule has 1 aliphatic rings. The summed E-state index contributed by atoms with van der Waals surface area (Å²) >= 11 is 0. The minimum Gasteiger partial charge on any atom is -0.494 e. The molecule has 4 rings (SSSR count). The van der Waals surface area contributed by atoms with Gasteiger partial charge in [-0.3, -0.25) is 14.4 Å². The predicted molar refractivity (Wildman–Crippen MR) is 128 cm³/mol. The number of hydrogen-bond acceptors (Lipinski definition) is 5. The predicted octanol–water partition coefficient (Wildman–Crippen LogP) is 4.35. The zero-order valence-corrected chi connectivity index (χ0v) is 19.2. The maximum Gasteiger partial charge on any atom is 0.266 e. The largest absolute Gasteiger partial charge is 0.494 e. The Balaban J connectivity index is 1.44. The molecule has 1 heterocycles. The first-order valence-corrected chi connectivity index (χ1v) is 11.2. The summed E-state index contributed by atoms with van der Waals surface area (Å²) in [7, 11) is 0. The van der Waals surface area contributed by atoms with Crippen molar-refractivity contribution in [3.05, 3.63) is 94.5 Å². The van der Waals surface area contributed by atoms with Crippen LogP contribution in [0.3, 0.4) is 0 Å². The van der Waals surface area contributed by atoms with E-state index < -0.39 is 11.8 Å². The van der Waals surface area contributed by atoms with Gasteiger partial charge in [-0.15, -0.1) is 0 Å². The Morgan fingerprint density at radius 3 is 2.18 bits per heavy atom. The van der Waals surface area contributed by atoms with Crippen molar-refractivity contribution in [3.8, 4) is 5.75 Å². The maximum absolute atomic E-state index is 13.0. The number of imide groups is 1. The first-order chi connectivity index (χ1) is 16.5. The van der Waals surface area contributed by atoms with E-state index in [1.807, 2.05) is 38.1 Å². The summed E-state index contributed by atoms with van der Waals surface area (Å²) in [5, 5.41) is 2.86. The average molecular weight is 459 g/mol. The zero-order valence-electron chi connectivity index (χ0n) is 19.2. The van der Waals surface area contributed by atoms with E-state index in [1.54, 1.807) is 30.3 Å². The van der Waals surface area contributed by atoms with E-state index >= 15 is 0 Å². The summed E-state index contributed by atoms with van der Waals surface area (Å²) in [6.07, 6.45) is 0. The molecular weight excluding hydrogens is 432 g/mol. The number of ether oxygens (including phenoxy) is 2. The Bertz CT molecular complexity index is 1200. The number of benzene rings is 3. The third kappa shape index (κ3) is 4.84. The first kappa shape index (κ1) is 23.2. The molecule has 0 fully saturated rings. The summed E-state index contributed by atoms with van der Waals surface area (Å²) < 4.78 is 10.8. The number of carbonyl (C=O) groups is 3. The minimum absolute atomic E-state index is 0.215. The molecule has 0 unspecified atom stereocenters. The molecule has 7 nitrogen and oxygen atoms in total. The highest BCUT2D eigenvalue weighted by Gasteiger charge is 2.37. The molecule has 0 atom stereocenters. The second-order valence-corrected chi connectivity index (χ2v) is 7.77. The highest BCUT2D eigenvalue weighted by molar-refractivity contribution is 6.34. The third-order valence-electron chi connectivity index (χ3n) is 5.50. The number of hydrogen-bond donors (Lipinski definition) is 1. The van der Waals surface area contributed by atoms with Crippen molar-refractivity contribution in [3.63, 3.8) is 0 Å². The fourth-order valence-corrected chi connectivity index (χ4v) is 3.73. The number of amides is 3. The molecule has 0 saturated heterocycles. The Morgan fingerprint density at radius 2 is 1.50 bits per heavy atom. The lowest BCUT2D eigenvalue weighted by Gasteiger charge is -2.14. The normalized spacial score (nSPS) is 12.6. The van der Waals surface area contributed by atoms with E-state index in [1.165, 1.54) is 12.1 Å². The smallest absolute Gasteiger partial charge is 0.266 e. The fourth-order valence-electron chi connectivity index (χ4n) is 3.73. The molecule has 3 aromatic carbocycles. The van der Waals surface area contributed by atoms with Gasteiger partial charge in [-0.2, -0.15) is 0 Å². The van der Waals surface area contributed by atoms with Crippen molar-refractivity contribution in [1.82, 2.24) is 5.32 Å². The molecule has 3 amide bonds. The van der Waals surface area contributed by atoms with Crippen LogP contribution >= 0.6 is 0 Å². The van der Waals surface area contributed by atoms with Gasteiger partial charge in [-0.25, -0.2) is 4.90 Å². The molecule has 3 aromatic rings. The monoisotopic (exact) mass is 458 g/mol. The molecule has 0 bridgehead atoms. The van der Waals surface area contributed by atoms with E-state index in [-0.39, 0.29) is 17.0 Å². The number of rotatable bonds is 9. The van der Waals surface area contributed by atoms with Gasteiger partial charge < -0.3 is 14.8 Å². The van der Waals surface area contributed by atoms with Crippen molar-refractivity contribution in [2.24, 2.45) is 0 Å². The van der Waals surface area contributed by atoms with E-state index in [2.05, 4.69) is 5.32 Å². The molecule has 7 heteroatoms. The molecule has 0 aliphatic carbocycles. The lowest BCUT2D eigenvalue weighted by Crippen LogP contribution is -2.29. The molecule has 0 saturated carbocycles. The highest BCUT2D eigenvalue weighted by atomic mass is 16.5. The Labute approximate surface area is 198 Å². The Hall–Kier alpha value is -3.97. The van der Waals surface area contributed by atoms with Crippen LogP contribution in [0.5, 0.6) is 5.75 Å². The van der Waals surface area contributed by atoms with Gasteiger partial charge in [0.05, 0.1) is 30.0 Å². The van der Waals surface area contributed by atoms with Crippen LogP contribution in [0.1, 0.15) is 56.0 Å². The van der Waals surface area contributed by atoms with E-state index in [9.17, 15) is 14.4 Å². The fraction of sp³-hybridized carbons (Fsp3) is 0.222. The second-order valence-electron chi connectivity index (χ2n) is 7.77. The number of anilines is 1. The lowest BCUT2D eigenvalue weighted by atomic mass is 10.1. The molecule has 174 valence electrons. The van der Waals surface area contributed by atoms with Crippen molar-refractivity contribution < 1.29 is 23.9 Å². The number of fused-ring (bicyclic) bond motifs is 1. The Morgan fingerprint density at radius 1 is 0.824 bits per heavy atom. The Kier molecular flexibility index (Phi) is 7.04. The summed E-state index contributed by atoms with van der Waals surface area (Å²) in [6.45, 7) is 5.91. The summed E-state index contributed by atoms with van der Waals surface area (Å²) in [5.74, 6) is -0.529. The lowest BCUT2D eigenvalue weighted by molar-refractivity contribution is 0.0923. The topological polar surface area (TPSA) is 84.9 Å². The third-order valence-corrected chi connectivity index (χ3v) is 5.50. The van der Waals surface area contributed by atoms with Crippen LogP contribution < -0.4 is 15.0 Å². The van der Waals surface area contributed by atoms with E-state index in [0.717, 1.165) is 16.0 Å². The van der Waals surface area contributed by atoms with Gasteiger partial charge in [-0.1, -0.05) is 24.3 Å². The number of carbonyl (C=O) groups excluding carboxylic acids is 3. The van der Waals surface area contributed by atoms with Gasteiger partial charge in [-0.05, 0) is 67.4 Å². The standard InChI is InChI=1S/C27H26N2O5/c1-3-33-17-19-7-5-18(6-8-19)16-28-25(30)20-9-14-23-24(15-20)27(32)29(26(23)31)21-10-12-22(13-11-21)34-4-2/h5-15H,3-4,16-17H2,1-2H3,(H,28,30). The second kappa shape index (κ2) is 10.3. The van der Waals surface area contributed by atoms with Gasteiger partial charge in [0.1, 0.15) is 5.75 Å². The number of nitrogens with zero attached hydrogens (tertiary/aromatic N) is 1. The van der Waals surface area contributed by atoms with Crippen LogP contribution in [0.4, 0.5) is 5.69 Å². The van der Waals surface area contributed by atoms with Crippen LogP contribution in [0.25, 0.3) is 0 Å². The van der Waals surface area contributed by atoms with Crippen molar-refractivity contribution in [2.75, 3.05) is 18.1 Å². The molecule has 1 N–H and O–H groups in total.